The normalized spacial score (nSPS) is 18.8. The maximum atomic E-state index is 12.2. The van der Waals surface area contributed by atoms with Crippen molar-refractivity contribution in [3.05, 3.63) is 29.8 Å². The number of sulfonamides is 1. The van der Waals surface area contributed by atoms with Crippen molar-refractivity contribution in [1.29, 1.82) is 0 Å². The molecule has 0 bridgehead atoms. The van der Waals surface area contributed by atoms with Gasteiger partial charge in [-0.1, -0.05) is 12.1 Å². The molecule has 1 aliphatic rings. The average molecular weight is 314 g/mol. The summed E-state index contributed by atoms with van der Waals surface area (Å²) in [7, 11) is -1.51. The Labute approximate surface area is 125 Å². The molecule has 2 rings (SSSR count). The summed E-state index contributed by atoms with van der Waals surface area (Å²) >= 11 is 1.75. The summed E-state index contributed by atoms with van der Waals surface area (Å²) in [6.45, 7) is 2.56. The number of hydrogen-bond acceptors (Lipinski definition) is 4. The second-order valence-electron chi connectivity index (χ2n) is 5.29. The minimum Gasteiger partial charge on any atom is -0.313 e. The van der Waals surface area contributed by atoms with E-state index in [1.807, 2.05) is 32.4 Å². The highest BCUT2D eigenvalue weighted by Gasteiger charge is 2.42. The molecule has 1 fully saturated rings. The van der Waals surface area contributed by atoms with Crippen molar-refractivity contribution in [3.63, 3.8) is 0 Å². The van der Waals surface area contributed by atoms with E-state index in [2.05, 4.69) is 10.0 Å². The minimum atomic E-state index is -3.40. The Morgan fingerprint density at radius 3 is 2.35 bits per heavy atom. The Morgan fingerprint density at radius 2 is 1.90 bits per heavy atom. The molecule has 1 atom stereocenters. The van der Waals surface area contributed by atoms with Gasteiger partial charge in [0.15, 0.2) is 0 Å². The maximum absolute atomic E-state index is 12.2. The average Bonchev–Trinajstić information content (AvgIpc) is 3.25. The minimum absolute atomic E-state index is 0.133. The maximum Gasteiger partial charge on any atom is 0.240 e. The van der Waals surface area contributed by atoms with Crippen LogP contribution in [0, 0.1) is 0 Å². The van der Waals surface area contributed by atoms with Gasteiger partial charge >= 0.3 is 0 Å². The van der Waals surface area contributed by atoms with E-state index in [0.29, 0.717) is 11.4 Å². The van der Waals surface area contributed by atoms with Crippen LogP contribution in [0.15, 0.2) is 29.2 Å². The first-order chi connectivity index (χ1) is 9.42. The predicted molar refractivity (Wildman–Crippen MR) is 84.6 cm³/mol. The number of nitrogens with one attached hydrogen (secondary N) is 2. The molecule has 112 valence electrons. The molecule has 0 saturated heterocycles. The predicted octanol–water partition coefficient (Wildman–Crippen LogP) is 2.14. The van der Waals surface area contributed by atoms with E-state index in [4.69, 9.17) is 0 Å². The fourth-order valence-corrected chi connectivity index (χ4v) is 3.95. The highest BCUT2D eigenvalue weighted by Crippen LogP contribution is 2.46. The third kappa shape index (κ3) is 3.55. The Hall–Kier alpha value is -0.560. The lowest BCUT2D eigenvalue weighted by molar-refractivity contribution is 0.579. The lowest BCUT2D eigenvalue weighted by Crippen LogP contribution is -2.31. The Morgan fingerprint density at radius 1 is 1.30 bits per heavy atom. The molecular weight excluding hydrogens is 292 g/mol. The molecular formula is C14H22N2O2S2. The second-order valence-corrected chi connectivity index (χ2v) is 8.33. The zero-order chi connectivity index (χ0) is 14.8. The summed E-state index contributed by atoms with van der Waals surface area (Å²) in [5.41, 5.74) is 1.08. The fraction of sp³-hybridized carbons (Fsp3) is 0.571. The first kappa shape index (κ1) is 15.8. The van der Waals surface area contributed by atoms with E-state index in [-0.39, 0.29) is 10.8 Å². The van der Waals surface area contributed by atoms with Crippen LogP contribution in [0.2, 0.25) is 0 Å². The number of benzene rings is 1. The van der Waals surface area contributed by atoms with Crippen molar-refractivity contribution in [2.45, 2.75) is 35.4 Å². The van der Waals surface area contributed by atoms with Gasteiger partial charge in [0.2, 0.25) is 10.0 Å². The summed E-state index contributed by atoms with van der Waals surface area (Å²) in [6, 6.07) is 7.27. The highest BCUT2D eigenvalue weighted by atomic mass is 32.2. The Balaban J connectivity index is 2.05. The molecule has 0 amide bonds. The summed E-state index contributed by atoms with van der Waals surface area (Å²) in [5.74, 6) is 0. The topological polar surface area (TPSA) is 58.2 Å². The molecule has 1 aliphatic carbocycles. The van der Waals surface area contributed by atoms with E-state index in [1.54, 1.807) is 23.9 Å². The van der Waals surface area contributed by atoms with E-state index in [9.17, 15) is 8.42 Å². The molecule has 0 radical (unpaired) electrons. The van der Waals surface area contributed by atoms with Gasteiger partial charge < -0.3 is 5.32 Å². The molecule has 0 aromatic heterocycles. The summed E-state index contributed by atoms with van der Waals surface area (Å²) in [5, 5.41) is 3.13. The monoisotopic (exact) mass is 314 g/mol. The van der Waals surface area contributed by atoms with E-state index in [1.165, 1.54) is 0 Å². The van der Waals surface area contributed by atoms with Crippen molar-refractivity contribution in [2.75, 3.05) is 19.8 Å². The largest absolute Gasteiger partial charge is 0.313 e. The highest BCUT2D eigenvalue weighted by molar-refractivity contribution is 8.00. The van der Waals surface area contributed by atoms with E-state index >= 15 is 0 Å². The Bertz CT molecular complexity index is 551. The van der Waals surface area contributed by atoms with Crippen molar-refractivity contribution >= 4 is 21.8 Å². The standard InChI is InChI=1S/C14H22N2O2S2/c1-11(15-2)12-4-6-13(7-5-12)20(17,18)16-10-14(19-3)8-9-14/h4-7,11,15-16H,8-10H2,1-3H3. The molecule has 0 heterocycles. The van der Waals surface area contributed by atoms with Crippen LogP contribution in [0.25, 0.3) is 0 Å². The molecule has 1 saturated carbocycles. The van der Waals surface area contributed by atoms with Crippen molar-refractivity contribution in [3.8, 4) is 0 Å². The third-order valence-electron chi connectivity index (χ3n) is 3.95. The van der Waals surface area contributed by atoms with Crippen molar-refractivity contribution in [2.24, 2.45) is 0 Å². The van der Waals surface area contributed by atoms with Crippen LogP contribution < -0.4 is 10.0 Å². The van der Waals surface area contributed by atoms with Crippen LogP contribution in [0.4, 0.5) is 0 Å². The van der Waals surface area contributed by atoms with Gasteiger partial charge in [-0.05, 0) is 50.8 Å². The van der Waals surface area contributed by atoms with Crippen LogP contribution in [0.1, 0.15) is 31.4 Å². The van der Waals surface area contributed by atoms with E-state index in [0.717, 1.165) is 18.4 Å². The summed E-state index contributed by atoms with van der Waals surface area (Å²) in [4.78, 5) is 0.335. The SMILES string of the molecule is CNC(C)c1ccc(S(=O)(=O)NCC2(SC)CC2)cc1. The van der Waals surface area contributed by atoms with E-state index < -0.39 is 10.0 Å². The molecule has 6 heteroatoms. The molecule has 20 heavy (non-hydrogen) atoms. The van der Waals surface area contributed by atoms with Gasteiger partial charge in [-0.2, -0.15) is 11.8 Å². The lowest BCUT2D eigenvalue weighted by atomic mass is 10.1. The van der Waals surface area contributed by atoms with Crippen LogP contribution in [0.3, 0.4) is 0 Å². The molecule has 1 aromatic rings. The van der Waals surface area contributed by atoms with Gasteiger partial charge in [0.1, 0.15) is 0 Å². The molecule has 0 aliphatic heterocycles. The van der Waals surface area contributed by atoms with Gasteiger partial charge in [-0.3, -0.25) is 0 Å². The quantitative estimate of drug-likeness (QED) is 0.809. The number of hydrogen-bond donors (Lipinski definition) is 2. The van der Waals surface area contributed by atoms with Gasteiger partial charge in [0, 0.05) is 17.3 Å². The first-order valence-corrected chi connectivity index (χ1v) is 9.45. The molecule has 1 unspecified atom stereocenters. The first-order valence-electron chi connectivity index (χ1n) is 6.74. The molecule has 0 spiro atoms. The number of rotatable bonds is 7. The lowest BCUT2D eigenvalue weighted by Gasteiger charge is -2.14. The van der Waals surface area contributed by atoms with Crippen LogP contribution in [-0.4, -0.2) is 33.0 Å². The summed E-state index contributed by atoms with van der Waals surface area (Å²) in [6.07, 6.45) is 4.22. The third-order valence-corrected chi connectivity index (χ3v) is 6.78. The number of thioether (sulfide) groups is 1. The van der Waals surface area contributed by atoms with Gasteiger partial charge in [0.05, 0.1) is 4.90 Å². The molecule has 4 nitrogen and oxygen atoms in total. The van der Waals surface area contributed by atoms with Crippen LogP contribution in [-0.2, 0) is 10.0 Å². The molecule has 2 N–H and O–H groups in total. The van der Waals surface area contributed by atoms with Crippen LogP contribution >= 0.6 is 11.8 Å². The molecule has 1 aromatic carbocycles. The zero-order valence-corrected chi connectivity index (χ0v) is 13.8. The van der Waals surface area contributed by atoms with Gasteiger partial charge in [-0.15, -0.1) is 0 Å². The smallest absolute Gasteiger partial charge is 0.240 e. The van der Waals surface area contributed by atoms with Crippen molar-refractivity contribution in [1.82, 2.24) is 10.0 Å². The second kappa shape index (κ2) is 6.05. The van der Waals surface area contributed by atoms with Crippen molar-refractivity contribution < 1.29 is 8.42 Å². The summed E-state index contributed by atoms with van der Waals surface area (Å²) < 4.78 is 27.3. The van der Waals surface area contributed by atoms with Gasteiger partial charge in [-0.25, -0.2) is 13.1 Å². The zero-order valence-electron chi connectivity index (χ0n) is 12.1. The fourth-order valence-electron chi connectivity index (χ4n) is 2.00. The van der Waals surface area contributed by atoms with Crippen LogP contribution in [0.5, 0.6) is 0 Å². The Kier molecular flexibility index (Phi) is 4.79. The van der Waals surface area contributed by atoms with Gasteiger partial charge in [0.25, 0.3) is 0 Å².